The number of nitro benzene ring substituents is 1. The van der Waals surface area contributed by atoms with Crippen molar-refractivity contribution in [1.29, 1.82) is 0 Å². The molecule has 0 spiro atoms. The van der Waals surface area contributed by atoms with Gasteiger partial charge in [0.25, 0.3) is 17.5 Å². The Balaban J connectivity index is 1.33. The van der Waals surface area contributed by atoms with Crippen LogP contribution in [0, 0.1) is 23.0 Å². The number of benzene rings is 3. The summed E-state index contributed by atoms with van der Waals surface area (Å²) in [5.74, 6) is -2.33. The average Bonchev–Trinajstić information content (AvgIpc) is 3.41. The summed E-state index contributed by atoms with van der Waals surface area (Å²) in [5, 5.41) is 11.4. The predicted octanol–water partition coefficient (Wildman–Crippen LogP) is 3.67. The van der Waals surface area contributed by atoms with Crippen LogP contribution in [-0.4, -0.2) is 42.3 Å². The first kappa shape index (κ1) is 24.6. The number of imide groups is 1. The van der Waals surface area contributed by atoms with Crippen LogP contribution in [0.4, 0.5) is 17.1 Å². The second-order valence-corrected chi connectivity index (χ2v) is 8.85. The van der Waals surface area contributed by atoms with Crippen molar-refractivity contribution in [3.63, 3.8) is 0 Å². The molecule has 2 aliphatic heterocycles. The van der Waals surface area contributed by atoms with Gasteiger partial charge >= 0.3 is 5.97 Å². The van der Waals surface area contributed by atoms with Gasteiger partial charge in [-0.2, -0.15) is 0 Å². The lowest BCUT2D eigenvalue weighted by Gasteiger charge is -2.19. The van der Waals surface area contributed by atoms with Crippen molar-refractivity contribution in [1.82, 2.24) is 0 Å². The van der Waals surface area contributed by atoms with E-state index in [2.05, 4.69) is 0 Å². The summed E-state index contributed by atoms with van der Waals surface area (Å²) in [6.45, 7) is 1.75. The summed E-state index contributed by atoms with van der Waals surface area (Å²) in [6.07, 6.45) is -0.0260. The molecule has 1 fully saturated rings. The molecule has 5 rings (SSSR count). The van der Waals surface area contributed by atoms with Crippen molar-refractivity contribution < 1.29 is 33.6 Å². The number of hydrogen-bond donors (Lipinski definition) is 0. The summed E-state index contributed by atoms with van der Waals surface area (Å²) in [7, 11) is 1.50. The average molecular weight is 515 g/mol. The molecule has 0 unspecified atom stereocenters. The number of esters is 1. The molecule has 0 saturated carbocycles. The van der Waals surface area contributed by atoms with E-state index in [1.165, 1.54) is 48.4 Å². The van der Waals surface area contributed by atoms with Crippen molar-refractivity contribution in [3.05, 3.63) is 87.5 Å². The smallest absolute Gasteiger partial charge is 0.316 e. The number of ether oxygens (including phenoxy) is 2. The van der Waals surface area contributed by atoms with E-state index in [4.69, 9.17) is 9.47 Å². The highest BCUT2D eigenvalue weighted by Gasteiger charge is 2.42. The molecule has 0 bridgehead atoms. The lowest BCUT2D eigenvalue weighted by molar-refractivity contribution is -0.385. The monoisotopic (exact) mass is 515 g/mol. The molecule has 2 aliphatic rings. The minimum atomic E-state index is -0.800. The van der Waals surface area contributed by atoms with E-state index in [9.17, 15) is 29.3 Å². The number of fused-ring (bicyclic) bond motifs is 1. The van der Waals surface area contributed by atoms with Crippen LogP contribution < -0.4 is 19.3 Å². The van der Waals surface area contributed by atoms with Crippen LogP contribution in [0.2, 0.25) is 0 Å². The number of aryl methyl sites for hydroxylation is 1. The molecule has 0 N–H and O–H groups in total. The van der Waals surface area contributed by atoms with Gasteiger partial charge in [0.15, 0.2) is 0 Å². The first-order valence-electron chi connectivity index (χ1n) is 11.6. The van der Waals surface area contributed by atoms with E-state index in [0.29, 0.717) is 17.0 Å². The molecule has 0 aromatic heterocycles. The zero-order valence-electron chi connectivity index (χ0n) is 20.4. The van der Waals surface area contributed by atoms with Gasteiger partial charge in [-0.3, -0.25) is 29.3 Å². The number of amides is 3. The molecule has 3 aromatic carbocycles. The molecule has 192 valence electrons. The summed E-state index contributed by atoms with van der Waals surface area (Å²) >= 11 is 0. The molecule has 1 atom stereocenters. The number of hydrogen-bond acceptors (Lipinski definition) is 8. The molecular formula is C27H21N3O8. The number of methoxy groups -OCH3 is 1. The summed E-state index contributed by atoms with van der Waals surface area (Å²) in [4.78, 5) is 64.5. The van der Waals surface area contributed by atoms with Gasteiger partial charge in [-0.05, 0) is 48.9 Å². The number of anilines is 2. The fourth-order valence-electron chi connectivity index (χ4n) is 4.73. The van der Waals surface area contributed by atoms with Crippen LogP contribution in [0.3, 0.4) is 0 Å². The molecule has 0 aliphatic carbocycles. The van der Waals surface area contributed by atoms with Gasteiger partial charge in [-0.25, -0.2) is 4.90 Å². The Morgan fingerprint density at radius 3 is 2.47 bits per heavy atom. The van der Waals surface area contributed by atoms with Crippen molar-refractivity contribution in [2.45, 2.75) is 13.3 Å². The van der Waals surface area contributed by atoms with Gasteiger partial charge < -0.3 is 14.4 Å². The standard InChI is InChI=1S/C27H21N3O8/c1-15-12-17(38-27(34)16-13-23(31)28(14-16)20-7-3-4-9-22(20)37-2)10-11-19(15)29-25(32)18-6-5-8-21(30(35)36)24(18)26(29)33/h3-12,16H,13-14H2,1-2H3/t16-/m1/s1. The summed E-state index contributed by atoms with van der Waals surface area (Å²) in [6, 6.07) is 15.3. The Hall–Kier alpha value is -5.06. The zero-order valence-corrected chi connectivity index (χ0v) is 20.4. The molecule has 1 saturated heterocycles. The number of nitrogens with zero attached hydrogens (tertiary/aromatic N) is 3. The van der Waals surface area contributed by atoms with Gasteiger partial charge in [0.1, 0.15) is 17.1 Å². The maximum Gasteiger partial charge on any atom is 0.316 e. The number of rotatable bonds is 6. The van der Waals surface area contributed by atoms with Gasteiger partial charge in [-0.15, -0.1) is 0 Å². The lowest BCUT2D eigenvalue weighted by Crippen LogP contribution is -2.30. The van der Waals surface area contributed by atoms with Crippen LogP contribution in [0.25, 0.3) is 0 Å². The largest absolute Gasteiger partial charge is 0.495 e. The summed E-state index contributed by atoms with van der Waals surface area (Å²) in [5.41, 5.74) is 0.457. The second-order valence-electron chi connectivity index (χ2n) is 8.85. The molecular weight excluding hydrogens is 494 g/mol. The highest BCUT2D eigenvalue weighted by atomic mass is 16.6. The Kier molecular flexibility index (Phi) is 6.11. The highest BCUT2D eigenvalue weighted by molar-refractivity contribution is 6.35. The second kappa shape index (κ2) is 9.43. The Labute approximate surface area is 216 Å². The minimum Gasteiger partial charge on any atom is -0.495 e. The number of nitro groups is 1. The van der Waals surface area contributed by atoms with Crippen LogP contribution in [0.15, 0.2) is 60.7 Å². The molecule has 3 aromatic rings. The molecule has 11 nitrogen and oxygen atoms in total. The Bertz CT molecular complexity index is 1530. The lowest BCUT2D eigenvalue weighted by atomic mass is 10.1. The highest BCUT2D eigenvalue weighted by Crippen LogP contribution is 2.37. The maximum atomic E-state index is 13.0. The van der Waals surface area contributed by atoms with Crippen LogP contribution in [0.1, 0.15) is 32.7 Å². The van der Waals surface area contributed by atoms with Crippen molar-refractivity contribution in [2.24, 2.45) is 5.92 Å². The minimum absolute atomic E-state index is 0.0260. The fraction of sp³-hybridized carbons (Fsp3) is 0.185. The number of para-hydroxylation sites is 2. The molecule has 38 heavy (non-hydrogen) atoms. The van der Waals surface area contributed by atoms with Gasteiger partial charge in [0.05, 0.1) is 34.9 Å². The fourth-order valence-corrected chi connectivity index (χ4v) is 4.73. The van der Waals surface area contributed by atoms with E-state index >= 15 is 0 Å². The first-order chi connectivity index (χ1) is 18.2. The van der Waals surface area contributed by atoms with E-state index in [1.54, 1.807) is 31.2 Å². The van der Waals surface area contributed by atoms with Gasteiger partial charge in [0.2, 0.25) is 5.91 Å². The molecule has 11 heteroatoms. The Morgan fingerprint density at radius 1 is 1.00 bits per heavy atom. The number of carbonyl (C=O) groups is 4. The van der Waals surface area contributed by atoms with Crippen LogP contribution in [-0.2, 0) is 9.59 Å². The molecule has 0 radical (unpaired) electrons. The van der Waals surface area contributed by atoms with Crippen molar-refractivity contribution in [2.75, 3.05) is 23.5 Å². The van der Waals surface area contributed by atoms with E-state index < -0.39 is 34.3 Å². The Morgan fingerprint density at radius 2 is 1.76 bits per heavy atom. The third-order valence-corrected chi connectivity index (χ3v) is 6.55. The molecule has 2 heterocycles. The first-order valence-corrected chi connectivity index (χ1v) is 11.6. The summed E-state index contributed by atoms with van der Waals surface area (Å²) < 4.78 is 10.8. The van der Waals surface area contributed by atoms with Crippen LogP contribution >= 0.6 is 0 Å². The van der Waals surface area contributed by atoms with E-state index in [-0.39, 0.29) is 41.4 Å². The third kappa shape index (κ3) is 4.03. The zero-order chi connectivity index (χ0) is 27.1. The van der Waals surface area contributed by atoms with Gasteiger partial charge in [0, 0.05) is 19.0 Å². The number of carbonyl (C=O) groups excluding carboxylic acids is 4. The van der Waals surface area contributed by atoms with Crippen molar-refractivity contribution >= 4 is 40.8 Å². The molecule has 3 amide bonds. The van der Waals surface area contributed by atoms with Crippen molar-refractivity contribution in [3.8, 4) is 11.5 Å². The quantitative estimate of drug-likeness (QED) is 0.159. The van der Waals surface area contributed by atoms with Gasteiger partial charge in [-0.1, -0.05) is 18.2 Å². The van der Waals surface area contributed by atoms with E-state index in [1.807, 2.05) is 0 Å². The van der Waals surface area contributed by atoms with E-state index in [0.717, 1.165) is 4.90 Å². The SMILES string of the molecule is COc1ccccc1N1C[C@H](C(=O)Oc2ccc(N3C(=O)c4cccc([N+](=O)[O-])c4C3=O)c(C)c2)CC1=O. The normalized spacial score (nSPS) is 16.6. The maximum absolute atomic E-state index is 13.0. The van der Waals surface area contributed by atoms with Crippen LogP contribution in [0.5, 0.6) is 11.5 Å². The third-order valence-electron chi connectivity index (χ3n) is 6.55. The predicted molar refractivity (Wildman–Crippen MR) is 135 cm³/mol. The topological polar surface area (TPSA) is 136 Å².